The summed E-state index contributed by atoms with van der Waals surface area (Å²) in [6.45, 7) is 6.39. The summed E-state index contributed by atoms with van der Waals surface area (Å²) in [6, 6.07) is 7.48. The van der Waals surface area contributed by atoms with Crippen molar-refractivity contribution in [3.05, 3.63) is 29.3 Å². The summed E-state index contributed by atoms with van der Waals surface area (Å²) in [4.78, 5) is 0. The Bertz CT molecular complexity index is 422. The van der Waals surface area contributed by atoms with Gasteiger partial charge in [-0.25, -0.2) is 0 Å². The van der Waals surface area contributed by atoms with Crippen molar-refractivity contribution in [3.8, 4) is 0 Å². The third-order valence-electron chi connectivity index (χ3n) is 3.91. The summed E-state index contributed by atoms with van der Waals surface area (Å²) in [5, 5.41) is 1.63. The largest absolute Gasteiger partial charge is 0.318 e. The Morgan fingerprint density at radius 3 is 2.27 bits per heavy atom. The minimum Gasteiger partial charge on any atom is -0.318 e. The molecule has 1 aromatic rings. The molecule has 82 valence electrons. The lowest BCUT2D eigenvalue weighted by Crippen LogP contribution is -2.47. The van der Waals surface area contributed by atoms with Crippen molar-refractivity contribution in [3.63, 3.8) is 0 Å². The van der Waals surface area contributed by atoms with Crippen LogP contribution in [-0.4, -0.2) is 11.3 Å². The third kappa shape index (κ3) is 1.48. The van der Waals surface area contributed by atoms with E-state index < -0.39 is 7.14 Å². The predicted molar refractivity (Wildman–Crippen MR) is 66.8 cm³/mol. The smallest absolute Gasteiger partial charge is 0.121 e. The molecule has 0 saturated carbocycles. The van der Waals surface area contributed by atoms with Gasteiger partial charge >= 0.3 is 0 Å². The second-order valence-corrected chi connectivity index (χ2v) is 8.90. The number of hydrogen-bond acceptors (Lipinski definition) is 1. The fourth-order valence-corrected chi connectivity index (χ4v) is 6.02. The second-order valence-electron chi connectivity index (χ2n) is 4.95. The first-order valence-electron chi connectivity index (χ1n) is 5.23. The molecule has 1 aliphatic heterocycles. The maximum atomic E-state index is 12.8. The number of benzene rings is 1. The molecule has 0 spiro atoms. The van der Waals surface area contributed by atoms with Crippen LogP contribution in [0, 0.1) is 5.92 Å². The van der Waals surface area contributed by atoms with Gasteiger partial charge in [0.2, 0.25) is 0 Å². The molecule has 0 bridgehead atoms. The van der Waals surface area contributed by atoms with Crippen LogP contribution in [0.1, 0.15) is 20.8 Å². The lowest BCUT2D eigenvalue weighted by atomic mass is 9.97. The molecule has 2 unspecified atom stereocenters. The highest BCUT2D eigenvalue weighted by molar-refractivity contribution is 7.74. The van der Waals surface area contributed by atoms with Crippen LogP contribution >= 0.6 is 18.7 Å². The van der Waals surface area contributed by atoms with Crippen molar-refractivity contribution in [2.75, 3.05) is 6.16 Å². The van der Waals surface area contributed by atoms with E-state index in [4.69, 9.17) is 11.6 Å². The van der Waals surface area contributed by atoms with Crippen molar-refractivity contribution < 1.29 is 4.57 Å². The van der Waals surface area contributed by atoms with Crippen LogP contribution in [0.2, 0.25) is 5.02 Å². The molecule has 1 saturated heterocycles. The fourth-order valence-electron chi connectivity index (χ4n) is 2.21. The van der Waals surface area contributed by atoms with E-state index in [0.717, 1.165) is 11.5 Å². The van der Waals surface area contributed by atoms with Gasteiger partial charge in [-0.2, -0.15) is 0 Å². The van der Waals surface area contributed by atoms with Gasteiger partial charge in [0.05, 0.1) is 0 Å². The molecule has 2 rings (SSSR count). The van der Waals surface area contributed by atoms with Gasteiger partial charge in [0.25, 0.3) is 0 Å². The highest BCUT2D eigenvalue weighted by Crippen LogP contribution is 2.70. The van der Waals surface area contributed by atoms with Crippen LogP contribution in [0.15, 0.2) is 24.3 Å². The topological polar surface area (TPSA) is 17.1 Å². The summed E-state index contributed by atoms with van der Waals surface area (Å²) in [5.41, 5.74) is 0. The first-order chi connectivity index (χ1) is 6.88. The van der Waals surface area contributed by atoms with Crippen molar-refractivity contribution in [2.45, 2.75) is 25.9 Å². The summed E-state index contributed by atoms with van der Waals surface area (Å²) in [5.74, 6) is 0.541. The summed E-state index contributed by atoms with van der Waals surface area (Å²) in [7, 11) is -2.18. The van der Waals surface area contributed by atoms with E-state index in [1.807, 2.05) is 24.3 Å². The molecule has 3 heteroatoms. The number of rotatable bonds is 1. The minimum atomic E-state index is -2.18. The number of halogens is 1. The van der Waals surface area contributed by atoms with Crippen molar-refractivity contribution >= 4 is 24.0 Å². The predicted octanol–water partition coefficient (Wildman–Crippen LogP) is 3.76. The van der Waals surface area contributed by atoms with Gasteiger partial charge in [-0.3, -0.25) is 0 Å². The lowest BCUT2D eigenvalue weighted by molar-refractivity contribution is 0.403. The Balaban J connectivity index is 2.41. The Kier molecular flexibility index (Phi) is 2.52. The van der Waals surface area contributed by atoms with Gasteiger partial charge in [0.1, 0.15) is 7.14 Å². The summed E-state index contributed by atoms with van der Waals surface area (Å²) in [6.07, 6.45) is 0.835. The van der Waals surface area contributed by atoms with Gasteiger partial charge in [-0.1, -0.05) is 44.5 Å². The molecular formula is C12H16ClOP. The van der Waals surface area contributed by atoms with Crippen LogP contribution in [-0.2, 0) is 4.57 Å². The molecular weight excluding hydrogens is 227 g/mol. The molecule has 1 heterocycles. The van der Waals surface area contributed by atoms with Crippen LogP contribution in [0.5, 0.6) is 0 Å². The molecule has 0 N–H and O–H groups in total. The van der Waals surface area contributed by atoms with Crippen molar-refractivity contribution in [2.24, 2.45) is 5.92 Å². The van der Waals surface area contributed by atoms with E-state index in [1.165, 1.54) is 0 Å². The van der Waals surface area contributed by atoms with E-state index in [1.54, 1.807) is 0 Å². The van der Waals surface area contributed by atoms with E-state index in [-0.39, 0.29) is 5.16 Å². The standard InChI is InChI=1S/C12H16ClOP/c1-9-8-15(14,12(9,2)3)11-6-4-10(13)5-7-11/h4-7,9H,8H2,1-3H3. The minimum absolute atomic E-state index is 0.0547. The molecule has 0 amide bonds. The van der Waals surface area contributed by atoms with Crippen LogP contribution in [0.4, 0.5) is 0 Å². The van der Waals surface area contributed by atoms with E-state index in [2.05, 4.69) is 20.8 Å². The van der Waals surface area contributed by atoms with Gasteiger partial charge in [-0.05, 0) is 18.1 Å². The molecule has 0 radical (unpaired) electrons. The van der Waals surface area contributed by atoms with Crippen molar-refractivity contribution in [1.82, 2.24) is 0 Å². The highest BCUT2D eigenvalue weighted by Gasteiger charge is 2.55. The highest BCUT2D eigenvalue weighted by atomic mass is 35.5. The van der Waals surface area contributed by atoms with Gasteiger partial charge < -0.3 is 4.57 Å². The third-order valence-corrected chi connectivity index (χ3v) is 8.66. The monoisotopic (exact) mass is 242 g/mol. The average Bonchev–Trinajstić information content (AvgIpc) is 2.18. The molecule has 1 fully saturated rings. The zero-order chi connectivity index (χ0) is 11.3. The van der Waals surface area contributed by atoms with Crippen molar-refractivity contribution in [1.29, 1.82) is 0 Å². The molecule has 1 nitrogen and oxygen atoms in total. The number of hydrogen-bond donors (Lipinski definition) is 0. The molecule has 0 aliphatic carbocycles. The molecule has 1 aromatic carbocycles. The maximum Gasteiger partial charge on any atom is 0.121 e. The quantitative estimate of drug-likeness (QED) is 0.686. The lowest BCUT2D eigenvalue weighted by Gasteiger charge is -2.50. The average molecular weight is 243 g/mol. The van der Waals surface area contributed by atoms with Gasteiger partial charge in [-0.15, -0.1) is 0 Å². The zero-order valence-corrected chi connectivity index (χ0v) is 11.0. The normalized spacial score (nSPS) is 33.5. The molecule has 0 aromatic heterocycles. The van der Waals surface area contributed by atoms with Gasteiger partial charge in [0, 0.05) is 21.6 Å². The molecule has 15 heavy (non-hydrogen) atoms. The first kappa shape index (κ1) is 11.2. The maximum absolute atomic E-state index is 12.8. The van der Waals surface area contributed by atoms with Crippen LogP contribution < -0.4 is 5.30 Å². The van der Waals surface area contributed by atoms with Gasteiger partial charge in [0.15, 0.2) is 0 Å². The fraction of sp³-hybridized carbons (Fsp3) is 0.500. The molecule has 2 atom stereocenters. The van der Waals surface area contributed by atoms with Crippen LogP contribution in [0.25, 0.3) is 0 Å². The molecule has 1 aliphatic rings. The van der Waals surface area contributed by atoms with Crippen LogP contribution in [0.3, 0.4) is 0 Å². The Morgan fingerprint density at radius 2 is 1.87 bits per heavy atom. The Morgan fingerprint density at radius 1 is 1.33 bits per heavy atom. The van der Waals surface area contributed by atoms with E-state index >= 15 is 0 Å². The first-order valence-corrected chi connectivity index (χ1v) is 7.50. The Labute approximate surface area is 96.2 Å². The van der Waals surface area contributed by atoms with E-state index in [0.29, 0.717) is 10.9 Å². The Hall–Kier alpha value is -0.260. The second kappa shape index (κ2) is 3.37. The van der Waals surface area contributed by atoms with E-state index in [9.17, 15) is 4.57 Å². The summed E-state index contributed by atoms with van der Waals surface area (Å²) >= 11 is 5.83. The zero-order valence-electron chi connectivity index (χ0n) is 9.33. The summed E-state index contributed by atoms with van der Waals surface area (Å²) < 4.78 is 12.8. The SMILES string of the molecule is CC1CP(=O)(c2ccc(Cl)cc2)C1(C)C.